The fraction of sp³-hybridized carbons (Fsp3) is 0.450. The van der Waals surface area contributed by atoms with Gasteiger partial charge in [-0.3, -0.25) is 9.48 Å². The quantitative estimate of drug-likeness (QED) is 0.712. The lowest BCUT2D eigenvalue weighted by Gasteiger charge is -2.39. The van der Waals surface area contributed by atoms with E-state index in [-0.39, 0.29) is 30.2 Å². The van der Waals surface area contributed by atoms with Gasteiger partial charge in [0.2, 0.25) is 5.91 Å². The third kappa shape index (κ3) is 2.72. The predicted molar refractivity (Wildman–Crippen MR) is 96.5 cm³/mol. The summed E-state index contributed by atoms with van der Waals surface area (Å²) in [5.74, 6) is 0.155. The summed E-state index contributed by atoms with van der Waals surface area (Å²) in [6, 6.07) is 6.87. The van der Waals surface area contributed by atoms with E-state index in [1.54, 1.807) is 6.07 Å². The maximum atomic E-state index is 13.6. The van der Waals surface area contributed by atoms with E-state index >= 15 is 0 Å². The number of nitrogens with zero attached hydrogens (tertiary/aromatic N) is 4. The first-order chi connectivity index (χ1) is 13.1. The molecule has 5 rings (SSSR count). The number of hydrogen-bond acceptors (Lipinski definition) is 4. The van der Waals surface area contributed by atoms with Crippen LogP contribution in [-0.4, -0.2) is 37.8 Å². The summed E-state index contributed by atoms with van der Waals surface area (Å²) in [6.07, 6.45) is 6.01. The molecule has 2 bridgehead atoms. The molecular formula is C20H21FN4O2. The average Bonchev–Trinajstić information content (AvgIpc) is 3.32. The Morgan fingerprint density at radius 1 is 1.26 bits per heavy atom. The van der Waals surface area contributed by atoms with E-state index in [0.29, 0.717) is 22.6 Å². The Kier molecular flexibility index (Phi) is 3.77. The van der Waals surface area contributed by atoms with Crippen LogP contribution in [0.2, 0.25) is 0 Å². The number of benzene rings is 1. The van der Waals surface area contributed by atoms with Gasteiger partial charge in [-0.1, -0.05) is 5.16 Å². The number of rotatable bonds is 3. The molecule has 0 radical (unpaired) electrons. The van der Waals surface area contributed by atoms with Gasteiger partial charge in [0, 0.05) is 42.3 Å². The maximum absolute atomic E-state index is 13.6. The number of piperidine rings is 1. The van der Waals surface area contributed by atoms with Gasteiger partial charge in [-0.2, -0.15) is 5.10 Å². The van der Waals surface area contributed by atoms with Crippen molar-refractivity contribution in [3.63, 3.8) is 0 Å². The summed E-state index contributed by atoms with van der Waals surface area (Å²) in [6.45, 7) is 0. The first-order valence-electron chi connectivity index (χ1n) is 9.43. The Morgan fingerprint density at radius 2 is 2.04 bits per heavy atom. The normalized spacial score (nSPS) is 24.7. The fourth-order valence-corrected chi connectivity index (χ4v) is 4.93. The minimum absolute atomic E-state index is 0.0606. The van der Waals surface area contributed by atoms with E-state index in [2.05, 4.69) is 16.3 Å². The fourth-order valence-electron chi connectivity index (χ4n) is 4.93. The van der Waals surface area contributed by atoms with Crippen molar-refractivity contribution in [1.29, 1.82) is 0 Å². The Morgan fingerprint density at radius 3 is 2.74 bits per heavy atom. The minimum Gasteiger partial charge on any atom is -0.356 e. The zero-order chi connectivity index (χ0) is 18.5. The van der Waals surface area contributed by atoms with Crippen molar-refractivity contribution in [2.75, 3.05) is 0 Å². The summed E-state index contributed by atoms with van der Waals surface area (Å²) in [4.78, 5) is 15.1. The van der Waals surface area contributed by atoms with Crippen molar-refractivity contribution in [1.82, 2.24) is 19.8 Å². The molecule has 1 aromatic carbocycles. The molecule has 2 fully saturated rings. The molecule has 6 nitrogen and oxygen atoms in total. The molecule has 4 heterocycles. The van der Waals surface area contributed by atoms with Gasteiger partial charge < -0.3 is 9.42 Å². The highest BCUT2D eigenvalue weighted by atomic mass is 19.1. The third-order valence-corrected chi connectivity index (χ3v) is 6.12. The van der Waals surface area contributed by atoms with E-state index in [4.69, 9.17) is 4.52 Å². The number of carbonyl (C=O) groups excluding carboxylic acids is 1. The molecule has 3 aromatic rings. The first-order valence-corrected chi connectivity index (χ1v) is 9.43. The average molecular weight is 368 g/mol. The smallest absolute Gasteiger partial charge is 0.229 e. The lowest BCUT2D eigenvalue weighted by Crippen LogP contribution is -2.47. The molecule has 0 N–H and O–H groups in total. The monoisotopic (exact) mass is 368 g/mol. The standard InChI is InChI=1S/C20H21FN4O2/c1-24-18(6-7-22-24)12-8-14-3-4-15(9-12)25(14)20(26)11-17-16-10-13(21)2-5-19(16)27-23-17/h2,5-7,10,12,14-15H,3-4,8-9,11H2,1H3. The van der Waals surface area contributed by atoms with Gasteiger partial charge in [-0.25, -0.2) is 4.39 Å². The summed E-state index contributed by atoms with van der Waals surface area (Å²) < 4.78 is 20.7. The lowest BCUT2D eigenvalue weighted by molar-refractivity contribution is -0.135. The van der Waals surface area contributed by atoms with E-state index < -0.39 is 0 Å². The molecule has 2 unspecified atom stereocenters. The number of amides is 1. The number of aryl methyl sites for hydroxylation is 1. The molecule has 0 aliphatic carbocycles. The van der Waals surface area contributed by atoms with Gasteiger partial charge in [0.25, 0.3) is 0 Å². The topological polar surface area (TPSA) is 64.2 Å². The molecule has 7 heteroatoms. The number of halogens is 1. The van der Waals surface area contributed by atoms with Crippen molar-refractivity contribution < 1.29 is 13.7 Å². The van der Waals surface area contributed by atoms with Crippen LogP contribution in [0, 0.1) is 5.82 Å². The second-order valence-corrected chi connectivity index (χ2v) is 7.68. The molecule has 2 aromatic heterocycles. The summed E-state index contributed by atoms with van der Waals surface area (Å²) in [7, 11) is 1.98. The van der Waals surface area contributed by atoms with E-state index in [0.717, 1.165) is 25.7 Å². The molecule has 0 saturated carbocycles. The third-order valence-electron chi connectivity index (χ3n) is 6.12. The highest BCUT2D eigenvalue weighted by Gasteiger charge is 2.44. The molecule has 2 saturated heterocycles. The highest BCUT2D eigenvalue weighted by Crippen LogP contribution is 2.43. The van der Waals surface area contributed by atoms with Crippen LogP contribution in [0.15, 0.2) is 35.0 Å². The minimum atomic E-state index is -0.351. The van der Waals surface area contributed by atoms with Crippen LogP contribution in [0.5, 0.6) is 0 Å². The summed E-state index contributed by atoms with van der Waals surface area (Å²) >= 11 is 0. The molecule has 2 atom stereocenters. The van der Waals surface area contributed by atoms with E-state index in [1.807, 2.05) is 22.8 Å². The largest absolute Gasteiger partial charge is 0.356 e. The van der Waals surface area contributed by atoms with Crippen LogP contribution in [0.4, 0.5) is 4.39 Å². The maximum Gasteiger partial charge on any atom is 0.229 e. The van der Waals surface area contributed by atoms with Crippen molar-refractivity contribution in [2.24, 2.45) is 7.05 Å². The van der Waals surface area contributed by atoms with Crippen LogP contribution in [0.25, 0.3) is 11.0 Å². The van der Waals surface area contributed by atoms with E-state index in [9.17, 15) is 9.18 Å². The van der Waals surface area contributed by atoms with Crippen LogP contribution in [0.3, 0.4) is 0 Å². The van der Waals surface area contributed by atoms with Gasteiger partial charge in [0.05, 0.1) is 6.42 Å². The Balaban J connectivity index is 1.35. The van der Waals surface area contributed by atoms with Crippen LogP contribution in [0.1, 0.15) is 43.0 Å². The molecule has 2 aliphatic rings. The Bertz CT molecular complexity index is 997. The van der Waals surface area contributed by atoms with Gasteiger partial charge in [-0.15, -0.1) is 0 Å². The van der Waals surface area contributed by atoms with Crippen molar-refractivity contribution >= 4 is 16.9 Å². The first kappa shape index (κ1) is 16.5. The molecule has 27 heavy (non-hydrogen) atoms. The number of hydrogen-bond donors (Lipinski definition) is 0. The van der Waals surface area contributed by atoms with Gasteiger partial charge >= 0.3 is 0 Å². The molecule has 0 spiro atoms. The summed E-state index contributed by atoms with van der Waals surface area (Å²) in [5, 5.41) is 8.88. The predicted octanol–water partition coefficient (Wildman–Crippen LogP) is 3.18. The second kappa shape index (κ2) is 6.18. The molecule has 140 valence electrons. The van der Waals surface area contributed by atoms with Crippen LogP contribution < -0.4 is 0 Å². The second-order valence-electron chi connectivity index (χ2n) is 7.68. The number of carbonyl (C=O) groups is 1. The Hall–Kier alpha value is -2.70. The Labute approximate surface area is 155 Å². The van der Waals surface area contributed by atoms with Crippen molar-refractivity contribution in [2.45, 2.75) is 50.1 Å². The van der Waals surface area contributed by atoms with Gasteiger partial charge in [0.1, 0.15) is 11.5 Å². The zero-order valence-corrected chi connectivity index (χ0v) is 15.1. The molecular weight excluding hydrogens is 347 g/mol. The summed E-state index contributed by atoms with van der Waals surface area (Å²) in [5.41, 5.74) is 2.27. The molecule has 2 aliphatic heterocycles. The lowest BCUT2D eigenvalue weighted by atomic mass is 9.87. The van der Waals surface area contributed by atoms with E-state index in [1.165, 1.54) is 17.8 Å². The van der Waals surface area contributed by atoms with Crippen LogP contribution in [-0.2, 0) is 18.3 Å². The van der Waals surface area contributed by atoms with Gasteiger partial charge in [-0.05, 0) is 49.9 Å². The number of aromatic nitrogens is 3. The number of fused-ring (bicyclic) bond motifs is 3. The zero-order valence-electron chi connectivity index (χ0n) is 15.1. The highest BCUT2D eigenvalue weighted by molar-refractivity contribution is 5.86. The van der Waals surface area contributed by atoms with Gasteiger partial charge in [0.15, 0.2) is 5.58 Å². The van der Waals surface area contributed by atoms with Crippen LogP contribution >= 0.6 is 0 Å². The molecule has 1 amide bonds. The van der Waals surface area contributed by atoms with Crippen molar-refractivity contribution in [3.8, 4) is 0 Å². The van der Waals surface area contributed by atoms with Crippen molar-refractivity contribution in [3.05, 3.63) is 47.7 Å². The SMILES string of the molecule is Cn1nccc1C1CC2CCC(C1)N2C(=O)Cc1noc2ccc(F)cc12.